The maximum atomic E-state index is 12.4. The minimum atomic E-state index is -0.0839. The van der Waals surface area contributed by atoms with Gasteiger partial charge in [0.25, 0.3) is 0 Å². The van der Waals surface area contributed by atoms with Gasteiger partial charge in [-0.3, -0.25) is 19.3 Å². The highest BCUT2D eigenvalue weighted by Gasteiger charge is 2.22. The maximum Gasteiger partial charge on any atom is 0.240 e. The molecular formula is C21H28N4O3S2. The molecule has 7 nitrogen and oxygen atoms in total. The van der Waals surface area contributed by atoms with Gasteiger partial charge in [-0.25, -0.2) is 4.98 Å². The van der Waals surface area contributed by atoms with Gasteiger partial charge in [0.2, 0.25) is 11.8 Å². The van der Waals surface area contributed by atoms with Crippen LogP contribution in [-0.2, 0) is 14.4 Å². The number of fused-ring (bicyclic) bond motifs is 1. The maximum absolute atomic E-state index is 12.4. The molecule has 9 heteroatoms. The first kappa shape index (κ1) is 22.7. The minimum Gasteiger partial charge on any atom is -0.340 e. The molecule has 0 bridgehead atoms. The summed E-state index contributed by atoms with van der Waals surface area (Å²) in [5, 5.41) is 3.51. The third-order valence-electron chi connectivity index (χ3n) is 5.16. The van der Waals surface area contributed by atoms with Crippen LogP contribution < -0.4 is 5.32 Å². The van der Waals surface area contributed by atoms with Crippen LogP contribution in [0.4, 0.5) is 5.13 Å². The van der Waals surface area contributed by atoms with Crippen molar-refractivity contribution in [2.75, 3.05) is 43.8 Å². The smallest absolute Gasteiger partial charge is 0.240 e. The summed E-state index contributed by atoms with van der Waals surface area (Å²) in [7, 11) is 0. The number of hydrogen-bond acceptors (Lipinski definition) is 7. The molecule has 0 spiro atoms. The summed E-state index contributed by atoms with van der Waals surface area (Å²) < 4.78 is 1.06. The molecule has 1 fully saturated rings. The lowest BCUT2D eigenvalue weighted by molar-refractivity contribution is -0.133. The average molecular weight is 449 g/mol. The quantitative estimate of drug-likeness (QED) is 0.455. The van der Waals surface area contributed by atoms with E-state index in [9.17, 15) is 14.4 Å². The van der Waals surface area contributed by atoms with Crippen molar-refractivity contribution >= 4 is 56.9 Å². The number of rotatable bonds is 9. The molecule has 1 aromatic carbocycles. The Morgan fingerprint density at radius 1 is 1.13 bits per heavy atom. The second-order valence-electron chi connectivity index (χ2n) is 7.60. The highest BCUT2D eigenvalue weighted by Crippen LogP contribution is 2.26. The number of Topliss-reactive ketones (excluding diaryl/α,β-unsaturated/α-hetero) is 1. The Labute approximate surface area is 186 Å². The van der Waals surface area contributed by atoms with Crippen molar-refractivity contribution in [3.05, 3.63) is 23.8 Å². The summed E-state index contributed by atoms with van der Waals surface area (Å²) in [5.74, 6) is 0.433. The van der Waals surface area contributed by atoms with Crippen molar-refractivity contribution < 1.29 is 14.4 Å². The van der Waals surface area contributed by atoms with E-state index in [1.807, 2.05) is 24.0 Å². The fourth-order valence-corrected chi connectivity index (χ4v) is 4.58. The van der Waals surface area contributed by atoms with Crippen LogP contribution in [0.25, 0.3) is 10.2 Å². The molecule has 1 aromatic heterocycles. The number of carbonyl (C=O) groups is 3. The molecule has 162 valence electrons. The fraction of sp³-hybridized carbons (Fsp3) is 0.524. The number of nitrogens with one attached hydrogen (secondary N) is 1. The van der Waals surface area contributed by atoms with Crippen LogP contribution in [0, 0.1) is 6.92 Å². The van der Waals surface area contributed by atoms with E-state index in [2.05, 4.69) is 33.9 Å². The Morgan fingerprint density at radius 2 is 1.87 bits per heavy atom. The lowest BCUT2D eigenvalue weighted by Crippen LogP contribution is -2.50. The monoisotopic (exact) mass is 448 g/mol. The zero-order valence-corrected chi connectivity index (χ0v) is 18.9. The molecule has 2 aromatic rings. The first-order valence-electron chi connectivity index (χ1n) is 10.2. The molecule has 0 saturated carbocycles. The molecule has 1 aliphatic rings. The summed E-state index contributed by atoms with van der Waals surface area (Å²) in [5.41, 5.74) is 2.06. The van der Waals surface area contributed by atoms with E-state index in [0.29, 0.717) is 50.7 Å². The number of ketones is 1. The van der Waals surface area contributed by atoms with Crippen LogP contribution in [0.5, 0.6) is 0 Å². The van der Waals surface area contributed by atoms with Gasteiger partial charge in [0.1, 0.15) is 5.78 Å². The van der Waals surface area contributed by atoms with Gasteiger partial charge in [0.15, 0.2) is 5.13 Å². The molecule has 1 saturated heterocycles. The van der Waals surface area contributed by atoms with E-state index in [1.165, 1.54) is 16.9 Å². The number of aryl methyl sites for hydroxylation is 1. The molecule has 0 atom stereocenters. The molecule has 3 rings (SSSR count). The van der Waals surface area contributed by atoms with E-state index in [-0.39, 0.29) is 23.4 Å². The molecule has 0 aliphatic carbocycles. The van der Waals surface area contributed by atoms with E-state index in [0.717, 1.165) is 23.1 Å². The van der Waals surface area contributed by atoms with E-state index < -0.39 is 0 Å². The molecule has 0 radical (unpaired) electrons. The highest BCUT2D eigenvalue weighted by atomic mass is 32.1. The second kappa shape index (κ2) is 10.9. The van der Waals surface area contributed by atoms with Crippen LogP contribution in [0.1, 0.15) is 31.2 Å². The molecule has 30 heavy (non-hydrogen) atoms. The number of carbonyl (C=O) groups excluding carboxylic acids is 3. The van der Waals surface area contributed by atoms with Gasteiger partial charge in [0.05, 0.1) is 16.8 Å². The number of hydrogen-bond donors (Lipinski definition) is 2. The van der Waals surface area contributed by atoms with Crippen LogP contribution in [0.2, 0.25) is 0 Å². The lowest BCUT2D eigenvalue weighted by atomic mass is 10.1. The predicted octanol–water partition coefficient (Wildman–Crippen LogP) is 2.75. The summed E-state index contributed by atoms with van der Waals surface area (Å²) in [6.07, 6.45) is 2.42. The molecule has 2 heterocycles. The molecule has 2 amide bonds. The number of thiol groups is 1. The SMILES string of the molecule is Cc1ccc2nc(NC(=O)CN3CCN(C(=O)CCCCC(=O)CS)CC3)sc2c1. The van der Waals surface area contributed by atoms with Crippen molar-refractivity contribution in [1.82, 2.24) is 14.8 Å². The average Bonchev–Trinajstić information content (AvgIpc) is 3.12. The molecule has 1 aliphatic heterocycles. The largest absolute Gasteiger partial charge is 0.340 e. The van der Waals surface area contributed by atoms with Gasteiger partial charge < -0.3 is 10.2 Å². The van der Waals surface area contributed by atoms with Crippen LogP contribution in [0.3, 0.4) is 0 Å². The van der Waals surface area contributed by atoms with Gasteiger partial charge in [0, 0.05) is 44.8 Å². The van der Waals surface area contributed by atoms with E-state index in [4.69, 9.17) is 0 Å². The van der Waals surface area contributed by atoms with Crippen molar-refractivity contribution in [3.63, 3.8) is 0 Å². The zero-order valence-electron chi connectivity index (χ0n) is 17.2. The van der Waals surface area contributed by atoms with E-state index >= 15 is 0 Å². The molecule has 0 unspecified atom stereocenters. The van der Waals surface area contributed by atoms with Crippen molar-refractivity contribution in [3.8, 4) is 0 Å². The number of unbranched alkanes of at least 4 members (excludes halogenated alkanes) is 1. The summed E-state index contributed by atoms with van der Waals surface area (Å²) in [4.78, 5) is 44.3. The standard InChI is InChI=1S/C21H28N4O3S2/c1-15-6-7-17-18(12-15)30-21(22-17)23-19(27)13-24-8-10-25(11-9-24)20(28)5-3-2-4-16(26)14-29/h6-7,12,29H,2-5,8-11,13-14H2,1H3,(H,22,23,27). The van der Waals surface area contributed by atoms with E-state index in [1.54, 1.807) is 0 Å². The Hall–Kier alpha value is -1.97. The Morgan fingerprint density at radius 3 is 2.60 bits per heavy atom. The van der Waals surface area contributed by atoms with Crippen LogP contribution in [0.15, 0.2) is 18.2 Å². The number of piperazine rings is 1. The first-order chi connectivity index (χ1) is 14.4. The lowest BCUT2D eigenvalue weighted by Gasteiger charge is -2.34. The number of aromatic nitrogens is 1. The molecular weight excluding hydrogens is 420 g/mol. The Balaban J connectivity index is 1.37. The first-order valence-corrected chi connectivity index (χ1v) is 11.7. The minimum absolute atomic E-state index is 0.0839. The summed E-state index contributed by atoms with van der Waals surface area (Å²) >= 11 is 5.43. The number of amides is 2. The van der Waals surface area contributed by atoms with Gasteiger partial charge in [-0.15, -0.1) is 0 Å². The van der Waals surface area contributed by atoms with Crippen molar-refractivity contribution in [2.24, 2.45) is 0 Å². The van der Waals surface area contributed by atoms with Gasteiger partial charge in [-0.05, 0) is 37.5 Å². The predicted molar refractivity (Wildman–Crippen MR) is 123 cm³/mol. The topological polar surface area (TPSA) is 82.6 Å². The second-order valence-corrected chi connectivity index (χ2v) is 8.95. The molecule has 1 N–H and O–H groups in total. The number of thiazole rings is 1. The third kappa shape index (κ3) is 6.52. The number of nitrogens with zero attached hydrogens (tertiary/aromatic N) is 3. The van der Waals surface area contributed by atoms with Crippen molar-refractivity contribution in [2.45, 2.75) is 32.6 Å². The number of benzene rings is 1. The third-order valence-corrected chi connectivity index (χ3v) is 6.44. The summed E-state index contributed by atoms with van der Waals surface area (Å²) in [6.45, 7) is 4.94. The summed E-state index contributed by atoms with van der Waals surface area (Å²) in [6, 6.07) is 6.04. The Bertz CT molecular complexity index is 907. The fourth-order valence-electron chi connectivity index (χ4n) is 3.44. The van der Waals surface area contributed by atoms with Crippen molar-refractivity contribution in [1.29, 1.82) is 0 Å². The van der Waals surface area contributed by atoms with Gasteiger partial charge in [-0.2, -0.15) is 12.6 Å². The normalized spacial score (nSPS) is 14.8. The van der Waals surface area contributed by atoms with Crippen LogP contribution >= 0.6 is 24.0 Å². The Kier molecular flexibility index (Phi) is 8.24. The number of anilines is 1. The van der Waals surface area contributed by atoms with Crippen LogP contribution in [-0.4, -0.2) is 70.9 Å². The zero-order chi connectivity index (χ0) is 21.5. The highest BCUT2D eigenvalue weighted by molar-refractivity contribution is 7.81. The van der Waals surface area contributed by atoms with Gasteiger partial charge >= 0.3 is 0 Å². The van der Waals surface area contributed by atoms with Gasteiger partial charge in [-0.1, -0.05) is 17.4 Å².